The van der Waals surface area contributed by atoms with Gasteiger partial charge in [0.1, 0.15) is 0 Å². The lowest BCUT2D eigenvalue weighted by Gasteiger charge is -2.44. The molecule has 3 rings (SSSR count). The highest BCUT2D eigenvalue weighted by Gasteiger charge is 2.29. The predicted octanol–water partition coefficient (Wildman–Crippen LogP) is 6.01. The highest BCUT2D eigenvalue weighted by Crippen LogP contribution is 2.46. The van der Waals surface area contributed by atoms with E-state index in [1.807, 2.05) is 37.3 Å². The van der Waals surface area contributed by atoms with Crippen LogP contribution in [0.25, 0.3) is 0 Å². The van der Waals surface area contributed by atoms with Crippen LogP contribution in [0.2, 0.25) is 0 Å². The van der Waals surface area contributed by atoms with Crippen molar-refractivity contribution in [1.82, 2.24) is 0 Å². The van der Waals surface area contributed by atoms with Crippen LogP contribution in [0.3, 0.4) is 0 Å². The van der Waals surface area contributed by atoms with Gasteiger partial charge in [-0.25, -0.2) is 0 Å². The average Bonchev–Trinajstić information content (AvgIpc) is 2.80. The van der Waals surface area contributed by atoms with Gasteiger partial charge in [-0.05, 0) is 74.1 Å². The summed E-state index contributed by atoms with van der Waals surface area (Å²) in [7, 11) is -2.46. The molecule has 2 aromatic carbocycles. The van der Waals surface area contributed by atoms with Crippen molar-refractivity contribution in [1.29, 1.82) is 5.26 Å². The van der Waals surface area contributed by atoms with Gasteiger partial charge in [-0.3, -0.25) is 13.9 Å². The Kier molecular flexibility index (Phi) is 8.25. The number of nitrogens with one attached hydrogen (secondary N) is 1. The molecule has 1 heterocycles. The molecular formula is C25H33N3O4S. The molecule has 4 N–H and O–H groups in total. The Balaban J connectivity index is 1.97. The molecule has 178 valence electrons. The third kappa shape index (κ3) is 6.41. The van der Waals surface area contributed by atoms with Crippen molar-refractivity contribution >= 4 is 33.6 Å². The lowest BCUT2D eigenvalue weighted by atomic mass is 9.92. The second-order valence-electron chi connectivity index (χ2n) is 8.52. The predicted molar refractivity (Wildman–Crippen MR) is 135 cm³/mol. The number of carboxylic acid groups (broad SMARTS) is 1. The van der Waals surface area contributed by atoms with Gasteiger partial charge in [0.15, 0.2) is 0 Å². The molecule has 1 unspecified atom stereocenters. The van der Waals surface area contributed by atoms with Crippen LogP contribution in [0.5, 0.6) is 0 Å². The SMILES string of the molecule is CCC(CC(=O)O)c1ccc(N(CC)C2CCS(O)(O)CC2)c(Nc2ccc(C#N)cc2)c1. The van der Waals surface area contributed by atoms with Crippen LogP contribution in [-0.4, -0.2) is 44.3 Å². The van der Waals surface area contributed by atoms with E-state index in [9.17, 15) is 19.0 Å². The van der Waals surface area contributed by atoms with E-state index >= 15 is 0 Å². The molecular weight excluding hydrogens is 438 g/mol. The molecule has 2 aromatic rings. The topological polar surface area (TPSA) is 117 Å². The molecule has 0 spiro atoms. The molecule has 0 saturated carbocycles. The number of nitrogens with zero attached hydrogens (tertiary/aromatic N) is 2. The van der Waals surface area contributed by atoms with Crippen molar-refractivity contribution in [3.63, 3.8) is 0 Å². The Morgan fingerprint density at radius 1 is 1.18 bits per heavy atom. The zero-order chi connectivity index (χ0) is 24.0. The summed E-state index contributed by atoms with van der Waals surface area (Å²) in [6, 6.07) is 15.6. The van der Waals surface area contributed by atoms with E-state index < -0.39 is 16.6 Å². The normalized spacial score (nSPS) is 17.5. The summed E-state index contributed by atoms with van der Waals surface area (Å²) in [5.74, 6) is -0.0674. The molecule has 1 aliphatic heterocycles. The maximum Gasteiger partial charge on any atom is 0.303 e. The van der Waals surface area contributed by atoms with E-state index in [4.69, 9.17) is 5.26 Å². The van der Waals surface area contributed by atoms with Crippen LogP contribution in [0.1, 0.15) is 56.6 Å². The molecule has 0 aromatic heterocycles. The van der Waals surface area contributed by atoms with E-state index in [1.54, 1.807) is 12.1 Å². The van der Waals surface area contributed by atoms with Crippen molar-refractivity contribution in [3.05, 3.63) is 53.6 Å². The van der Waals surface area contributed by atoms with Gasteiger partial charge in [0.25, 0.3) is 0 Å². The number of benzene rings is 2. The van der Waals surface area contributed by atoms with Gasteiger partial charge in [-0.2, -0.15) is 15.9 Å². The van der Waals surface area contributed by atoms with Crippen LogP contribution >= 0.6 is 10.6 Å². The third-order valence-corrected chi connectivity index (χ3v) is 8.12. The minimum absolute atomic E-state index is 0.0735. The average molecular weight is 472 g/mol. The fraction of sp³-hybridized carbons (Fsp3) is 0.440. The first-order chi connectivity index (χ1) is 15.8. The second kappa shape index (κ2) is 10.9. The first-order valence-electron chi connectivity index (χ1n) is 11.4. The monoisotopic (exact) mass is 471 g/mol. The lowest BCUT2D eigenvalue weighted by molar-refractivity contribution is -0.137. The Labute approximate surface area is 197 Å². The highest BCUT2D eigenvalue weighted by molar-refractivity contribution is 8.24. The smallest absolute Gasteiger partial charge is 0.303 e. The minimum Gasteiger partial charge on any atom is -0.481 e. The van der Waals surface area contributed by atoms with Gasteiger partial charge >= 0.3 is 5.97 Å². The summed E-state index contributed by atoms with van der Waals surface area (Å²) < 4.78 is 20.1. The van der Waals surface area contributed by atoms with Crippen LogP contribution < -0.4 is 10.2 Å². The highest BCUT2D eigenvalue weighted by atomic mass is 32.3. The summed E-state index contributed by atoms with van der Waals surface area (Å²) in [5.41, 5.74) is 4.26. The maximum atomic E-state index is 11.4. The lowest BCUT2D eigenvalue weighted by Crippen LogP contribution is -2.40. The number of carbonyl (C=O) groups is 1. The van der Waals surface area contributed by atoms with Gasteiger partial charge in [0.2, 0.25) is 0 Å². The first-order valence-corrected chi connectivity index (χ1v) is 13.3. The molecule has 7 nitrogen and oxygen atoms in total. The minimum atomic E-state index is -2.46. The van der Waals surface area contributed by atoms with Gasteiger partial charge in [0.05, 0.1) is 29.4 Å². The molecule has 0 aliphatic carbocycles. The summed E-state index contributed by atoms with van der Waals surface area (Å²) in [5, 5.41) is 21.9. The van der Waals surface area contributed by atoms with Crippen LogP contribution in [0.4, 0.5) is 17.1 Å². The van der Waals surface area contributed by atoms with E-state index in [1.165, 1.54) is 0 Å². The Morgan fingerprint density at radius 3 is 2.39 bits per heavy atom. The van der Waals surface area contributed by atoms with Crippen molar-refractivity contribution in [2.45, 2.75) is 51.5 Å². The van der Waals surface area contributed by atoms with Gasteiger partial charge in [-0.15, -0.1) is 0 Å². The van der Waals surface area contributed by atoms with Crippen LogP contribution in [0.15, 0.2) is 42.5 Å². The fourth-order valence-corrected chi connectivity index (χ4v) is 5.99. The van der Waals surface area contributed by atoms with Crippen molar-refractivity contribution in [2.24, 2.45) is 0 Å². The summed E-state index contributed by atoms with van der Waals surface area (Å²) >= 11 is 0. The number of hydrogen-bond acceptors (Lipinski definition) is 6. The van der Waals surface area contributed by atoms with E-state index in [2.05, 4.69) is 23.2 Å². The van der Waals surface area contributed by atoms with Gasteiger partial charge < -0.3 is 15.3 Å². The number of nitriles is 1. The van der Waals surface area contributed by atoms with Gasteiger partial charge in [-0.1, -0.05) is 13.0 Å². The summed E-state index contributed by atoms with van der Waals surface area (Å²) in [6.45, 7) is 4.84. The molecule has 0 radical (unpaired) electrons. The number of rotatable bonds is 9. The van der Waals surface area contributed by atoms with Crippen molar-refractivity contribution < 1.29 is 19.0 Å². The number of carboxylic acids is 1. The van der Waals surface area contributed by atoms with E-state index in [0.29, 0.717) is 29.9 Å². The standard InChI is InChI=1S/C25H33N3O4S/c1-3-19(16-25(29)30)20-7-10-24(28(4-2)22-11-13-33(31,32)14-12-22)23(15-20)27-21-8-5-18(17-26)6-9-21/h5-10,15,19,22,27,31-32H,3-4,11-14,16H2,1-2H3,(H,29,30). The number of aliphatic carboxylic acids is 1. The van der Waals surface area contributed by atoms with Crippen molar-refractivity contribution in [3.8, 4) is 6.07 Å². The zero-order valence-corrected chi connectivity index (χ0v) is 20.0. The first kappa shape index (κ1) is 24.9. The van der Waals surface area contributed by atoms with Crippen molar-refractivity contribution in [2.75, 3.05) is 28.3 Å². The van der Waals surface area contributed by atoms with E-state index in [0.717, 1.165) is 35.6 Å². The quantitative estimate of drug-likeness (QED) is 0.354. The summed E-state index contributed by atoms with van der Waals surface area (Å²) in [4.78, 5) is 13.7. The second-order valence-corrected chi connectivity index (χ2v) is 10.9. The Morgan fingerprint density at radius 2 is 1.85 bits per heavy atom. The van der Waals surface area contributed by atoms with Crippen LogP contribution in [-0.2, 0) is 4.79 Å². The largest absolute Gasteiger partial charge is 0.481 e. The number of anilines is 3. The molecule has 33 heavy (non-hydrogen) atoms. The molecule has 1 saturated heterocycles. The molecule has 1 atom stereocenters. The van der Waals surface area contributed by atoms with Gasteiger partial charge in [0, 0.05) is 29.8 Å². The molecule has 1 aliphatic rings. The fourth-order valence-electron chi connectivity index (χ4n) is 4.48. The van der Waals surface area contributed by atoms with E-state index in [-0.39, 0.29) is 18.4 Å². The molecule has 0 amide bonds. The third-order valence-electron chi connectivity index (χ3n) is 6.35. The zero-order valence-electron chi connectivity index (χ0n) is 19.2. The molecule has 8 heteroatoms. The summed E-state index contributed by atoms with van der Waals surface area (Å²) in [6.07, 6.45) is 2.22. The maximum absolute atomic E-state index is 11.4. The number of hydrogen-bond donors (Lipinski definition) is 4. The van der Waals surface area contributed by atoms with Crippen LogP contribution in [0, 0.1) is 11.3 Å². The Hall–Kier alpha value is -2.73. The molecule has 0 bridgehead atoms. The molecule has 1 fully saturated rings. The Bertz CT molecular complexity index is 994.